The number of amides is 2. The molecule has 2 heterocycles. The Morgan fingerprint density at radius 3 is 2.65 bits per heavy atom. The molecule has 1 aliphatic heterocycles. The number of carbonyl (C=O) groups is 2. The highest BCUT2D eigenvalue weighted by atomic mass is 16.5. The van der Waals surface area contributed by atoms with Crippen LogP contribution in [0.25, 0.3) is 0 Å². The highest BCUT2D eigenvalue weighted by Crippen LogP contribution is 2.34. The lowest BCUT2D eigenvalue weighted by atomic mass is 10.1. The van der Waals surface area contributed by atoms with Gasteiger partial charge in [-0.1, -0.05) is 6.07 Å². The summed E-state index contributed by atoms with van der Waals surface area (Å²) in [5, 5.41) is 2.78. The molecule has 26 heavy (non-hydrogen) atoms. The molecule has 1 aliphatic rings. The molecule has 7 heteroatoms. The Morgan fingerprint density at radius 2 is 1.96 bits per heavy atom. The third-order valence-electron chi connectivity index (χ3n) is 4.31. The predicted octanol–water partition coefficient (Wildman–Crippen LogP) is 2.40. The molecule has 0 spiro atoms. The number of carbonyl (C=O) groups excluding carboxylic acids is 2. The van der Waals surface area contributed by atoms with Crippen molar-refractivity contribution >= 4 is 23.3 Å². The molecule has 1 aromatic carbocycles. The molecule has 1 unspecified atom stereocenters. The van der Waals surface area contributed by atoms with Crippen LogP contribution in [0.3, 0.4) is 0 Å². The maximum Gasteiger partial charge on any atom is 0.230 e. The van der Waals surface area contributed by atoms with Crippen LogP contribution in [-0.2, 0) is 9.59 Å². The van der Waals surface area contributed by atoms with E-state index < -0.39 is 5.92 Å². The zero-order valence-corrected chi connectivity index (χ0v) is 15.0. The van der Waals surface area contributed by atoms with E-state index in [1.165, 1.54) is 0 Å². The molecule has 136 valence electrons. The molecule has 0 bridgehead atoms. The lowest BCUT2D eigenvalue weighted by Gasteiger charge is -2.18. The molecular formula is C19H21N3O4. The van der Waals surface area contributed by atoms with Gasteiger partial charge < -0.3 is 19.7 Å². The number of hydrogen-bond acceptors (Lipinski definition) is 5. The van der Waals surface area contributed by atoms with Crippen LogP contribution in [0.4, 0.5) is 11.5 Å². The first-order valence-electron chi connectivity index (χ1n) is 8.28. The van der Waals surface area contributed by atoms with Crippen LogP contribution in [-0.4, -0.2) is 37.6 Å². The smallest absolute Gasteiger partial charge is 0.230 e. The number of aromatic nitrogens is 1. The maximum absolute atomic E-state index is 12.5. The predicted molar refractivity (Wildman–Crippen MR) is 97.6 cm³/mol. The van der Waals surface area contributed by atoms with E-state index in [0.29, 0.717) is 29.5 Å². The number of aryl methyl sites for hydroxylation is 1. The van der Waals surface area contributed by atoms with E-state index in [2.05, 4.69) is 10.3 Å². The number of ether oxygens (including phenoxy) is 2. The Balaban J connectivity index is 1.73. The van der Waals surface area contributed by atoms with Crippen LogP contribution in [0.1, 0.15) is 12.1 Å². The molecular weight excluding hydrogens is 334 g/mol. The minimum absolute atomic E-state index is 0.102. The second kappa shape index (κ2) is 7.43. The van der Waals surface area contributed by atoms with Gasteiger partial charge >= 0.3 is 0 Å². The summed E-state index contributed by atoms with van der Waals surface area (Å²) >= 11 is 0. The highest BCUT2D eigenvalue weighted by Gasteiger charge is 2.35. The van der Waals surface area contributed by atoms with Gasteiger partial charge in [0.05, 0.1) is 20.1 Å². The van der Waals surface area contributed by atoms with E-state index in [1.807, 2.05) is 19.1 Å². The lowest BCUT2D eigenvalue weighted by molar-refractivity contribution is -0.122. The molecule has 2 amide bonds. The van der Waals surface area contributed by atoms with E-state index >= 15 is 0 Å². The van der Waals surface area contributed by atoms with Crippen LogP contribution in [0, 0.1) is 12.8 Å². The third-order valence-corrected chi connectivity index (χ3v) is 4.31. The summed E-state index contributed by atoms with van der Waals surface area (Å²) in [6.45, 7) is 2.17. The van der Waals surface area contributed by atoms with E-state index in [-0.39, 0.29) is 18.2 Å². The van der Waals surface area contributed by atoms with Crippen molar-refractivity contribution in [3.05, 3.63) is 42.1 Å². The minimum atomic E-state index is -0.432. The lowest BCUT2D eigenvalue weighted by Crippen LogP contribution is -2.28. The number of methoxy groups -OCH3 is 2. The fraction of sp³-hybridized carbons (Fsp3) is 0.316. The van der Waals surface area contributed by atoms with Gasteiger partial charge in [-0.25, -0.2) is 4.98 Å². The van der Waals surface area contributed by atoms with Crippen LogP contribution in [0.2, 0.25) is 0 Å². The van der Waals surface area contributed by atoms with E-state index in [0.717, 1.165) is 5.69 Å². The molecule has 7 nitrogen and oxygen atoms in total. The Hall–Kier alpha value is -3.09. The van der Waals surface area contributed by atoms with Crippen molar-refractivity contribution in [1.82, 2.24) is 4.98 Å². The van der Waals surface area contributed by atoms with Crippen LogP contribution in [0.15, 0.2) is 36.4 Å². The Morgan fingerprint density at radius 1 is 1.19 bits per heavy atom. The zero-order chi connectivity index (χ0) is 18.7. The largest absolute Gasteiger partial charge is 0.493 e. The van der Waals surface area contributed by atoms with Crippen molar-refractivity contribution in [2.75, 3.05) is 31.0 Å². The van der Waals surface area contributed by atoms with Gasteiger partial charge in [-0.05, 0) is 31.2 Å². The van der Waals surface area contributed by atoms with Gasteiger partial charge in [-0.2, -0.15) is 0 Å². The Bertz CT molecular complexity index is 837. The number of pyridine rings is 1. The zero-order valence-electron chi connectivity index (χ0n) is 15.0. The number of rotatable bonds is 5. The Labute approximate surface area is 151 Å². The van der Waals surface area contributed by atoms with Crippen LogP contribution >= 0.6 is 0 Å². The molecule has 3 rings (SSSR count). The SMILES string of the molecule is COc1ccc(N2CC(C(=O)Nc3cccc(C)n3)CC2=O)cc1OC. The third kappa shape index (κ3) is 3.61. The summed E-state index contributed by atoms with van der Waals surface area (Å²) in [5.74, 6) is 0.872. The minimum Gasteiger partial charge on any atom is -0.493 e. The average molecular weight is 355 g/mol. The summed E-state index contributed by atoms with van der Waals surface area (Å²) in [5.41, 5.74) is 1.49. The first-order chi connectivity index (χ1) is 12.5. The fourth-order valence-electron chi connectivity index (χ4n) is 2.97. The molecule has 0 aliphatic carbocycles. The summed E-state index contributed by atoms with van der Waals surface area (Å²) in [4.78, 5) is 30.8. The topological polar surface area (TPSA) is 80.8 Å². The molecule has 0 radical (unpaired) electrons. The summed E-state index contributed by atoms with van der Waals surface area (Å²) in [6.07, 6.45) is 0.159. The van der Waals surface area contributed by atoms with Crippen molar-refractivity contribution < 1.29 is 19.1 Å². The number of nitrogens with zero attached hydrogens (tertiary/aromatic N) is 2. The summed E-state index contributed by atoms with van der Waals surface area (Å²) in [7, 11) is 3.09. The van der Waals surface area contributed by atoms with Gasteiger partial charge in [0.1, 0.15) is 5.82 Å². The Kier molecular flexibility index (Phi) is 5.06. The number of anilines is 2. The van der Waals surface area contributed by atoms with Crippen molar-refractivity contribution in [2.24, 2.45) is 5.92 Å². The van der Waals surface area contributed by atoms with Gasteiger partial charge in [-0.15, -0.1) is 0 Å². The van der Waals surface area contributed by atoms with E-state index in [4.69, 9.17) is 9.47 Å². The summed E-state index contributed by atoms with van der Waals surface area (Å²) in [6, 6.07) is 10.7. The van der Waals surface area contributed by atoms with Crippen LogP contribution < -0.4 is 19.7 Å². The molecule has 1 aromatic heterocycles. The van der Waals surface area contributed by atoms with Crippen molar-refractivity contribution in [3.8, 4) is 11.5 Å². The molecule has 2 aromatic rings. The highest BCUT2D eigenvalue weighted by molar-refractivity contribution is 6.03. The van der Waals surface area contributed by atoms with Crippen LogP contribution in [0.5, 0.6) is 11.5 Å². The molecule has 1 saturated heterocycles. The standard InChI is InChI=1S/C19H21N3O4/c1-12-5-4-6-17(20-12)21-19(24)13-9-18(23)22(11-13)14-7-8-15(25-2)16(10-14)26-3/h4-8,10,13H,9,11H2,1-3H3,(H,20,21,24). The van der Waals surface area contributed by atoms with Crippen molar-refractivity contribution in [3.63, 3.8) is 0 Å². The second-order valence-corrected chi connectivity index (χ2v) is 6.10. The number of nitrogens with one attached hydrogen (secondary N) is 1. The van der Waals surface area contributed by atoms with Gasteiger partial charge in [0.15, 0.2) is 11.5 Å². The second-order valence-electron chi connectivity index (χ2n) is 6.10. The molecule has 0 saturated carbocycles. The van der Waals surface area contributed by atoms with Gasteiger partial charge in [-0.3, -0.25) is 9.59 Å². The summed E-state index contributed by atoms with van der Waals surface area (Å²) < 4.78 is 10.5. The van der Waals surface area contributed by atoms with Crippen molar-refractivity contribution in [1.29, 1.82) is 0 Å². The van der Waals surface area contributed by atoms with Gasteiger partial charge in [0.2, 0.25) is 11.8 Å². The normalized spacial score (nSPS) is 16.5. The van der Waals surface area contributed by atoms with E-state index in [9.17, 15) is 9.59 Å². The van der Waals surface area contributed by atoms with Crippen molar-refractivity contribution in [2.45, 2.75) is 13.3 Å². The van der Waals surface area contributed by atoms with E-state index in [1.54, 1.807) is 43.4 Å². The van der Waals surface area contributed by atoms with Gasteiger partial charge in [0.25, 0.3) is 0 Å². The first kappa shape index (κ1) is 17.7. The number of hydrogen-bond donors (Lipinski definition) is 1. The molecule has 1 N–H and O–H groups in total. The molecule has 1 fully saturated rings. The maximum atomic E-state index is 12.5. The average Bonchev–Trinajstić information content (AvgIpc) is 3.03. The number of benzene rings is 1. The fourth-order valence-corrected chi connectivity index (χ4v) is 2.97. The quantitative estimate of drug-likeness (QED) is 0.891. The first-order valence-corrected chi connectivity index (χ1v) is 8.28. The van der Waals surface area contributed by atoms with Gasteiger partial charge in [0, 0.05) is 30.4 Å². The molecule has 1 atom stereocenters. The monoisotopic (exact) mass is 355 g/mol.